The molecule has 0 aliphatic heterocycles. The summed E-state index contributed by atoms with van der Waals surface area (Å²) < 4.78 is 5.97. The lowest BCUT2D eigenvalue weighted by molar-refractivity contribution is 0.344. The van der Waals surface area contributed by atoms with Crippen molar-refractivity contribution in [2.45, 2.75) is 6.92 Å². The molecule has 1 aromatic rings. The fraction of sp³-hybridized carbons (Fsp3) is 0.300. The maximum Gasteiger partial charge on any atom is 0.131 e. The number of hydrogen-bond donors (Lipinski definition) is 1. The lowest BCUT2D eigenvalue weighted by Crippen LogP contribution is -2.07. The first-order valence-corrected chi connectivity index (χ1v) is 5.69. The zero-order chi connectivity index (χ0) is 10.4. The van der Waals surface area contributed by atoms with Crippen LogP contribution in [0.3, 0.4) is 0 Å². The molecule has 0 bridgehead atoms. The molecule has 76 valence electrons. The maximum absolute atomic E-state index is 5.50. The minimum absolute atomic E-state index is 0.470. The average Bonchev–Trinajstić information content (AvgIpc) is 2.12. The number of thioether (sulfide) groups is 1. The van der Waals surface area contributed by atoms with Crippen LogP contribution < -0.4 is 10.5 Å². The van der Waals surface area contributed by atoms with E-state index in [1.807, 2.05) is 31.2 Å². The molecule has 0 saturated carbocycles. The first-order chi connectivity index (χ1) is 6.68. The van der Waals surface area contributed by atoms with Crippen molar-refractivity contribution in [1.29, 1.82) is 0 Å². The second-order valence-corrected chi connectivity index (χ2v) is 4.67. The number of benzene rings is 1. The molecule has 0 unspecified atom stereocenters. The minimum atomic E-state index is 0.470. The van der Waals surface area contributed by atoms with E-state index in [0.29, 0.717) is 10.9 Å². The standard InChI is InChI=1S/C10H13NOS2/c1-8-3-2-4-9(7-8)12-5-6-14-10(11)13/h2-4,7H,5-6H2,1H3,(H2,11,13). The average molecular weight is 227 g/mol. The molecule has 0 spiro atoms. The number of aryl methyl sites for hydroxylation is 1. The highest BCUT2D eigenvalue weighted by molar-refractivity contribution is 8.22. The Kier molecular flexibility index (Phi) is 4.76. The molecule has 1 aromatic carbocycles. The Morgan fingerprint density at radius 1 is 1.57 bits per heavy atom. The van der Waals surface area contributed by atoms with Gasteiger partial charge in [-0.25, -0.2) is 0 Å². The van der Waals surface area contributed by atoms with Crippen molar-refractivity contribution >= 4 is 28.3 Å². The third kappa shape index (κ3) is 4.48. The fourth-order valence-corrected chi connectivity index (χ4v) is 1.62. The van der Waals surface area contributed by atoms with E-state index in [4.69, 9.17) is 22.7 Å². The molecule has 0 aromatic heterocycles. The van der Waals surface area contributed by atoms with Crippen LogP contribution in [0.1, 0.15) is 5.56 Å². The topological polar surface area (TPSA) is 35.2 Å². The van der Waals surface area contributed by atoms with Gasteiger partial charge in [0.05, 0.1) is 6.61 Å². The summed E-state index contributed by atoms with van der Waals surface area (Å²) in [7, 11) is 0. The Bertz CT molecular complexity index is 315. The molecule has 14 heavy (non-hydrogen) atoms. The summed E-state index contributed by atoms with van der Waals surface area (Å²) in [5.74, 6) is 1.69. The summed E-state index contributed by atoms with van der Waals surface area (Å²) >= 11 is 6.17. The lowest BCUT2D eigenvalue weighted by Gasteiger charge is -2.05. The molecule has 4 heteroatoms. The van der Waals surface area contributed by atoms with Gasteiger partial charge in [-0.1, -0.05) is 36.1 Å². The molecule has 0 saturated heterocycles. The van der Waals surface area contributed by atoms with Gasteiger partial charge in [0.2, 0.25) is 0 Å². The van der Waals surface area contributed by atoms with Crippen molar-refractivity contribution in [3.8, 4) is 5.75 Å². The van der Waals surface area contributed by atoms with Gasteiger partial charge in [-0.3, -0.25) is 0 Å². The summed E-state index contributed by atoms with van der Waals surface area (Å²) in [6.45, 7) is 2.67. The van der Waals surface area contributed by atoms with Gasteiger partial charge in [0.25, 0.3) is 0 Å². The van der Waals surface area contributed by atoms with Gasteiger partial charge >= 0.3 is 0 Å². The molecule has 2 nitrogen and oxygen atoms in total. The highest BCUT2D eigenvalue weighted by atomic mass is 32.2. The van der Waals surface area contributed by atoms with Crippen molar-refractivity contribution in [3.63, 3.8) is 0 Å². The van der Waals surface area contributed by atoms with Crippen LogP contribution in [0.4, 0.5) is 0 Å². The van der Waals surface area contributed by atoms with E-state index in [-0.39, 0.29) is 0 Å². The summed E-state index contributed by atoms with van der Waals surface area (Å²) in [5.41, 5.74) is 6.53. The van der Waals surface area contributed by atoms with Crippen LogP contribution in [0.15, 0.2) is 24.3 Å². The highest BCUT2D eigenvalue weighted by Crippen LogP contribution is 2.12. The molecule has 0 radical (unpaired) electrons. The molecular weight excluding hydrogens is 214 g/mol. The Labute approximate surface area is 93.8 Å². The van der Waals surface area contributed by atoms with Gasteiger partial charge in [-0.2, -0.15) is 0 Å². The third-order valence-electron chi connectivity index (χ3n) is 1.59. The van der Waals surface area contributed by atoms with Gasteiger partial charge < -0.3 is 10.5 Å². The lowest BCUT2D eigenvalue weighted by atomic mass is 10.2. The van der Waals surface area contributed by atoms with Crippen LogP contribution in [0.25, 0.3) is 0 Å². The number of nitrogens with two attached hydrogens (primary N) is 1. The summed E-state index contributed by atoms with van der Waals surface area (Å²) in [5, 5.41) is 0. The van der Waals surface area contributed by atoms with E-state index in [0.717, 1.165) is 11.5 Å². The second-order valence-electron chi connectivity index (χ2n) is 2.83. The van der Waals surface area contributed by atoms with Crippen LogP contribution >= 0.6 is 24.0 Å². The Hall–Kier alpha value is -0.740. The molecule has 0 aliphatic rings. The number of rotatable bonds is 4. The van der Waals surface area contributed by atoms with E-state index < -0.39 is 0 Å². The van der Waals surface area contributed by atoms with Gasteiger partial charge in [-0.15, -0.1) is 0 Å². The number of hydrogen-bond acceptors (Lipinski definition) is 3. The van der Waals surface area contributed by atoms with Crippen LogP contribution in [0.5, 0.6) is 5.75 Å². The molecule has 0 amide bonds. The van der Waals surface area contributed by atoms with E-state index in [9.17, 15) is 0 Å². The van der Waals surface area contributed by atoms with Crippen molar-refractivity contribution in [2.75, 3.05) is 12.4 Å². The highest BCUT2D eigenvalue weighted by Gasteiger charge is 1.94. The predicted octanol–water partition coefficient (Wildman–Crippen LogP) is 2.35. The monoisotopic (exact) mass is 227 g/mol. The first-order valence-electron chi connectivity index (χ1n) is 4.30. The predicted molar refractivity (Wildman–Crippen MR) is 65.9 cm³/mol. The Morgan fingerprint density at radius 2 is 2.36 bits per heavy atom. The Balaban J connectivity index is 2.28. The number of ether oxygens (including phenoxy) is 1. The van der Waals surface area contributed by atoms with Crippen LogP contribution in [-0.2, 0) is 0 Å². The van der Waals surface area contributed by atoms with Crippen molar-refractivity contribution in [1.82, 2.24) is 0 Å². The molecule has 0 fully saturated rings. The molecule has 2 N–H and O–H groups in total. The zero-order valence-corrected chi connectivity index (χ0v) is 9.66. The van der Waals surface area contributed by atoms with Crippen LogP contribution in [0, 0.1) is 6.92 Å². The largest absolute Gasteiger partial charge is 0.493 e. The van der Waals surface area contributed by atoms with Gasteiger partial charge in [0.15, 0.2) is 0 Å². The third-order valence-corrected chi connectivity index (χ3v) is 2.59. The SMILES string of the molecule is Cc1cccc(OCCSC(N)=S)c1. The van der Waals surface area contributed by atoms with E-state index in [2.05, 4.69) is 0 Å². The van der Waals surface area contributed by atoms with Crippen molar-refractivity contribution in [3.05, 3.63) is 29.8 Å². The van der Waals surface area contributed by atoms with Gasteiger partial charge in [-0.05, 0) is 24.6 Å². The maximum atomic E-state index is 5.50. The fourth-order valence-electron chi connectivity index (χ4n) is 1.01. The van der Waals surface area contributed by atoms with Crippen molar-refractivity contribution in [2.24, 2.45) is 5.73 Å². The molecule has 0 heterocycles. The number of thiocarbonyl (C=S) groups is 1. The molecular formula is C10H13NOS2. The summed E-state index contributed by atoms with van der Waals surface area (Å²) in [6, 6.07) is 7.96. The second kappa shape index (κ2) is 5.88. The van der Waals surface area contributed by atoms with Gasteiger partial charge in [0.1, 0.15) is 10.1 Å². The molecule has 0 atom stereocenters. The quantitative estimate of drug-likeness (QED) is 0.632. The smallest absolute Gasteiger partial charge is 0.131 e. The molecule has 0 aliphatic carbocycles. The zero-order valence-electron chi connectivity index (χ0n) is 8.03. The first kappa shape index (κ1) is 11.3. The summed E-state index contributed by atoms with van der Waals surface area (Å²) in [4.78, 5) is 0. The van der Waals surface area contributed by atoms with Gasteiger partial charge in [0, 0.05) is 5.75 Å². The normalized spacial score (nSPS) is 9.79. The Morgan fingerprint density at radius 3 is 3.00 bits per heavy atom. The minimum Gasteiger partial charge on any atom is -0.493 e. The van der Waals surface area contributed by atoms with Crippen molar-refractivity contribution < 1.29 is 4.74 Å². The van der Waals surface area contributed by atoms with Crippen LogP contribution in [0.2, 0.25) is 0 Å². The summed E-state index contributed by atoms with van der Waals surface area (Å²) in [6.07, 6.45) is 0. The van der Waals surface area contributed by atoms with E-state index in [1.54, 1.807) is 0 Å². The molecule has 1 rings (SSSR count). The van der Waals surface area contributed by atoms with E-state index in [1.165, 1.54) is 17.3 Å². The van der Waals surface area contributed by atoms with E-state index >= 15 is 0 Å². The van der Waals surface area contributed by atoms with Crippen LogP contribution in [-0.4, -0.2) is 16.7 Å².